The van der Waals surface area contributed by atoms with Gasteiger partial charge in [0.2, 0.25) is 17.7 Å². The number of hydrogen-bond acceptors (Lipinski definition) is 6. The van der Waals surface area contributed by atoms with Crippen LogP contribution in [-0.4, -0.2) is 69.5 Å². The van der Waals surface area contributed by atoms with Crippen molar-refractivity contribution in [1.82, 2.24) is 4.90 Å². The van der Waals surface area contributed by atoms with Crippen molar-refractivity contribution >= 4 is 46.5 Å². The number of likely N-dealkylation sites (tertiary alicyclic amines) is 1. The van der Waals surface area contributed by atoms with E-state index in [0.717, 1.165) is 57.3 Å². The van der Waals surface area contributed by atoms with Gasteiger partial charge < -0.3 is 25.5 Å². The molecule has 0 saturated carbocycles. The highest BCUT2D eigenvalue weighted by molar-refractivity contribution is 8.02. The van der Waals surface area contributed by atoms with Crippen LogP contribution in [0.25, 0.3) is 0 Å². The number of aliphatic hydroxyl groups is 1. The molecule has 226 valence electrons. The van der Waals surface area contributed by atoms with Crippen molar-refractivity contribution < 1.29 is 19.5 Å². The number of fused-ring (bicyclic) bond motifs is 1. The zero-order valence-corrected chi connectivity index (χ0v) is 25.8. The highest BCUT2D eigenvalue weighted by Crippen LogP contribution is 2.71. The smallest absolute Gasteiger partial charge is 0.248 e. The molecule has 0 radical (unpaired) electrons. The average Bonchev–Trinajstić information content (AvgIpc) is 3.55. The summed E-state index contributed by atoms with van der Waals surface area (Å²) in [6.07, 6.45) is 4.72. The number of carbonyl (C=O) groups is 3. The lowest BCUT2D eigenvalue weighted by Gasteiger charge is -2.35. The van der Waals surface area contributed by atoms with E-state index in [2.05, 4.69) is 36.3 Å². The van der Waals surface area contributed by atoms with Crippen molar-refractivity contribution in [3.63, 3.8) is 0 Å². The molecule has 9 heteroatoms. The Morgan fingerprint density at radius 2 is 1.57 bits per heavy atom. The van der Waals surface area contributed by atoms with Gasteiger partial charge in [-0.3, -0.25) is 14.4 Å². The summed E-state index contributed by atoms with van der Waals surface area (Å²) in [4.78, 5) is 46.3. The summed E-state index contributed by atoms with van der Waals surface area (Å²) in [5.41, 5.74) is 2.51. The Bertz CT molecular complexity index is 1270. The van der Waals surface area contributed by atoms with Crippen LogP contribution < -0.4 is 15.5 Å². The molecule has 3 amide bonds. The molecule has 8 nitrogen and oxygen atoms in total. The minimum Gasteiger partial charge on any atom is -0.396 e. The van der Waals surface area contributed by atoms with Gasteiger partial charge in [0.1, 0.15) is 6.04 Å². The molecule has 3 heterocycles. The highest BCUT2D eigenvalue weighted by atomic mass is 32.2. The number of benzene rings is 2. The van der Waals surface area contributed by atoms with E-state index in [0.29, 0.717) is 17.9 Å². The first-order valence-electron chi connectivity index (χ1n) is 15.4. The Labute approximate surface area is 253 Å². The number of rotatable bonds is 13. The normalized spacial score (nSPS) is 27.7. The van der Waals surface area contributed by atoms with E-state index in [-0.39, 0.29) is 24.3 Å². The van der Waals surface area contributed by atoms with Crippen LogP contribution in [0.4, 0.5) is 17.1 Å². The van der Waals surface area contributed by atoms with Gasteiger partial charge in [-0.1, -0.05) is 31.0 Å². The minimum absolute atomic E-state index is 0.0849. The number of hydrogen-bond donors (Lipinski definition) is 3. The predicted molar refractivity (Wildman–Crippen MR) is 170 cm³/mol. The maximum Gasteiger partial charge on any atom is 0.248 e. The number of amides is 3. The van der Waals surface area contributed by atoms with E-state index in [1.165, 1.54) is 0 Å². The van der Waals surface area contributed by atoms with Crippen molar-refractivity contribution in [1.29, 1.82) is 0 Å². The van der Waals surface area contributed by atoms with Gasteiger partial charge in [-0.2, -0.15) is 0 Å². The molecule has 42 heavy (non-hydrogen) atoms. The monoisotopic (exact) mass is 592 g/mol. The quantitative estimate of drug-likeness (QED) is 0.278. The summed E-state index contributed by atoms with van der Waals surface area (Å²) < 4.78 is -1.07. The summed E-state index contributed by atoms with van der Waals surface area (Å²) in [7, 11) is 0. The molecular formula is C33H44N4O4S. The maximum atomic E-state index is 14.3. The molecular weight excluding hydrogens is 548 g/mol. The first-order valence-corrected chi connectivity index (χ1v) is 16.2. The molecule has 2 bridgehead atoms. The zero-order valence-electron chi connectivity index (χ0n) is 25.0. The van der Waals surface area contributed by atoms with Gasteiger partial charge in [0.15, 0.2) is 0 Å². The van der Waals surface area contributed by atoms with Crippen LogP contribution in [0.15, 0.2) is 54.6 Å². The first-order chi connectivity index (χ1) is 20.3. The Kier molecular flexibility index (Phi) is 9.18. The lowest BCUT2D eigenvalue weighted by Crippen LogP contribution is -2.51. The van der Waals surface area contributed by atoms with Crippen molar-refractivity contribution in [2.75, 3.05) is 41.8 Å². The van der Waals surface area contributed by atoms with Crippen molar-refractivity contribution in [2.24, 2.45) is 11.8 Å². The lowest BCUT2D eigenvalue weighted by molar-refractivity contribution is -0.139. The van der Waals surface area contributed by atoms with Gasteiger partial charge in [0.25, 0.3) is 0 Å². The highest BCUT2D eigenvalue weighted by Gasteiger charge is 2.77. The summed E-state index contributed by atoms with van der Waals surface area (Å²) >= 11 is 1.69. The number of anilines is 3. The van der Waals surface area contributed by atoms with Crippen molar-refractivity contribution in [3.05, 3.63) is 54.6 Å². The summed E-state index contributed by atoms with van der Waals surface area (Å²) in [5.74, 6) is -1.49. The van der Waals surface area contributed by atoms with Crippen LogP contribution in [0, 0.1) is 11.8 Å². The second-order valence-electron chi connectivity index (χ2n) is 12.0. The van der Waals surface area contributed by atoms with Gasteiger partial charge >= 0.3 is 0 Å². The number of para-hydroxylation sites is 1. The molecule has 3 aliphatic rings. The van der Waals surface area contributed by atoms with Gasteiger partial charge in [0.05, 0.1) is 16.6 Å². The van der Waals surface area contributed by atoms with E-state index in [9.17, 15) is 19.5 Å². The third-order valence-corrected chi connectivity index (χ3v) is 11.4. The fraction of sp³-hybridized carbons (Fsp3) is 0.545. The fourth-order valence-electron chi connectivity index (χ4n) is 7.41. The molecule has 1 spiro atoms. The molecule has 3 N–H and O–H groups in total. The molecule has 3 saturated heterocycles. The Morgan fingerprint density at radius 1 is 0.929 bits per heavy atom. The third-order valence-electron chi connectivity index (χ3n) is 9.42. The van der Waals surface area contributed by atoms with Crippen LogP contribution in [0.1, 0.15) is 59.3 Å². The summed E-state index contributed by atoms with van der Waals surface area (Å²) in [5, 5.41) is 15.4. The second kappa shape index (κ2) is 12.7. The standard InChI is InChI=1S/C33H44N4O4S/c1-4-36(5-2)25-17-15-24(16-18-25)35-30(40)28-33-20-19-32(3,42-33)26(29(39)34-23-13-9-8-10-14-23)27(33)31(41)37(28)21-11-6-7-12-22-38/h8-10,13-18,26-28,38H,4-7,11-12,19-22H2,1-3H3,(H,34,39)(H,35,40)/t26-,27-,28?,32+,33?/m0/s1. The number of thioether (sulfide) groups is 1. The van der Waals surface area contributed by atoms with Crippen molar-refractivity contribution in [3.8, 4) is 0 Å². The van der Waals surface area contributed by atoms with Gasteiger partial charge in [0, 0.05) is 48.1 Å². The Balaban J connectivity index is 1.42. The lowest BCUT2D eigenvalue weighted by atomic mass is 9.66. The molecule has 5 rings (SSSR count). The van der Waals surface area contributed by atoms with Gasteiger partial charge in [-0.05, 0) is 82.9 Å². The molecule has 2 unspecified atom stereocenters. The van der Waals surface area contributed by atoms with E-state index in [4.69, 9.17) is 0 Å². The van der Waals surface area contributed by atoms with Crippen LogP contribution in [0.5, 0.6) is 0 Å². The minimum atomic E-state index is -0.656. The van der Waals surface area contributed by atoms with Crippen LogP contribution in [-0.2, 0) is 14.4 Å². The Morgan fingerprint density at radius 3 is 2.24 bits per heavy atom. The van der Waals surface area contributed by atoms with Crippen LogP contribution in [0.3, 0.4) is 0 Å². The zero-order chi connectivity index (χ0) is 29.9. The van der Waals surface area contributed by atoms with Gasteiger partial charge in [-0.25, -0.2) is 0 Å². The summed E-state index contributed by atoms with van der Waals surface area (Å²) in [6.45, 7) is 8.74. The Hall–Kier alpha value is -3.04. The fourth-order valence-corrected chi connectivity index (χ4v) is 9.77. The third kappa shape index (κ3) is 5.53. The van der Waals surface area contributed by atoms with E-state index in [1.54, 1.807) is 16.7 Å². The van der Waals surface area contributed by atoms with Crippen LogP contribution >= 0.6 is 11.8 Å². The topological polar surface area (TPSA) is 102 Å². The number of nitrogens with zero attached hydrogens (tertiary/aromatic N) is 2. The number of aliphatic hydroxyl groups excluding tert-OH is 1. The van der Waals surface area contributed by atoms with E-state index in [1.807, 2.05) is 54.6 Å². The molecule has 3 fully saturated rings. The van der Waals surface area contributed by atoms with Gasteiger partial charge in [-0.15, -0.1) is 11.8 Å². The van der Waals surface area contributed by atoms with E-state index >= 15 is 0 Å². The molecule has 3 aliphatic heterocycles. The molecule has 0 aromatic heterocycles. The summed E-state index contributed by atoms with van der Waals surface area (Å²) in [6, 6.07) is 16.6. The first kappa shape index (κ1) is 30.4. The van der Waals surface area contributed by atoms with Crippen molar-refractivity contribution in [2.45, 2.75) is 74.8 Å². The SMILES string of the molecule is CCN(CC)c1ccc(NC(=O)C2N(CCCCCCO)C(=O)[C@@H]3[C@@H](C(=O)Nc4ccccc4)[C@@]4(C)CCC23S4)cc1. The van der Waals surface area contributed by atoms with E-state index < -0.39 is 27.4 Å². The average molecular weight is 593 g/mol. The maximum absolute atomic E-state index is 14.3. The molecule has 5 atom stereocenters. The van der Waals surface area contributed by atoms with Crippen LogP contribution in [0.2, 0.25) is 0 Å². The predicted octanol–water partition coefficient (Wildman–Crippen LogP) is 5.14. The largest absolute Gasteiger partial charge is 0.396 e. The molecule has 0 aliphatic carbocycles. The molecule has 2 aromatic carbocycles. The number of unbranched alkanes of at least 4 members (excludes halogenated alkanes) is 3. The number of nitrogens with one attached hydrogen (secondary N) is 2. The number of carbonyl (C=O) groups excluding carboxylic acids is 3. The molecule has 2 aromatic rings. The second-order valence-corrected chi connectivity index (χ2v) is 13.9.